The standard InChI is InChI=1S/C6H7.C2H6Si.2ClH.Hf/c1-6-4-2-3-5-6;1-3-2;;;/h4-5H,2H2,1H3;1-2H3;2*1H;/q-1;;;;+2/p-2. The second-order valence-corrected chi connectivity index (χ2v) is 15.3. The van der Waals surface area contributed by atoms with Gasteiger partial charge in [0.05, 0.1) is 0 Å². The van der Waals surface area contributed by atoms with Gasteiger partial charge in [-0.1, -0.05) is 0 Å². The predicted molar refractivity (Wildman–Crippen MR) is 43.7 cm³/mol. The summed E-state index contributed by atoms with van der Waals surface area (Å²) in [5.74, 6) is 0. The fourth-order valence-electron chi connectivity index (χ4n) is 0.499. The topological polar surface area (TPSA) is 0 Å². The number of rotatable bonds is 0. The van der Waals surface area contributed by atoms with Crippen LogP contribution in [0.2, 0.25) is 13.1 Å². The van der Waals surface area contributed by atoms with Gasteiger partial charge >= 0.3 is 41.6 Å². The van der Waals surface area contributed by atoms with Crippen LogP contribution in [-0.2, 0) is 23.0 Å². The summed E-state index contributed by atoms with van der Waals surface area (Å²) in [5.41, 5.74) is 1.60. The number of halogens is 2. The minimum Gasteiger partial charge on any atom is -1.00 e. The van der Waals surface area contributed by atoms with Crippen molar-refractivity contribution in [3.63, 3.8) is 0 Å². The molecular weight excluding hydrogens is 374 g/mol. The van der Waals surface area contributed by atoms with Gasteiger partial charge in [-0.15, -0.1) is 13.3 Å². The van der Waals surface area contributed by atoms with E-state index in [1.165, 1.54) is 28.6 Å². The molecule has 0 bridgehead atoms. The average Bonchev–Trinajstić information content (AvgIpc) is 2.15. The van der Waals surface area contributed by atoms with Crippen LogP contribution in [0.25, 0.3) is 0 Å². The number of hydrogen-bond acceptors (Lipinski definition) is 0. The number of hydrogen-bond donors (Lipinski definition) is 0. The van der Waals surface area contributed by atoms with Gasteiger partial charge in [0.25, 0.3) is 0 Å². The minimum absolute atomic E-state index is 0. The van der Waals surface area contributed by atoms with E-state index in [1.54, 1.807) is 0 Å². The van der Waals surface area contributed by atoms with E-state index in [4.69, 9.17) is 0 Å². The second kappa shape index (κ2) is 12.1. The van der Waals surface area contributed by atoms with Crippen molar-refractivity contribution in [3.8, 4) is 0 Å². The Labute approximate surface area is 103 Å². The minimum atomic E-state index is 0. The van der Waals surface area contributed by atoms with Crippen LogP contribution in [0.4, 0.5) is 0 Å². The Balaban J connectivity index is -0.000000124. The molecule has 1 rings (SSSR count). The van der Waals surface area contributed by atoms with Crippen molar-refractivity contribution < 1.29 is 47.8 Å². The fourth-order valence-corrected chi connectivity index (χ4v) is 0.499. The van der Waals surface area contributed by atoms with E-state index in [0.29, 0.717) is 0 Å². The van der Waals surface area contributed by atoms with Crippen molar-refractivity contribution in [2.24, 2.45) is 0 Å². The first-order valence-electron chi connectivity index (χ1n) is 3.38. The summed E-state index contributed by atoms with van der Waals surface area (Å²) in [6.45, 7) is 6.74. The van der Waals surface area contributed by atoms with E-state index in [2.05, 4.69) is 32.2 Å². The molecule has 68 valence electrons. The summed E-state index contributed by atoms with van der Waals surface area (Å²) in [6.07, 6.45) is 8.24. The molecule has 0 saturated heterocycles. The molecule has 1 aliphatic rings. The summed E-state index contributed by atoms with van der Waals surface area (Å²) < 4.78 is 0. The molecule has 0 amide bonds. The Kier molecular flexibility index (Phi) is 19.1. The third kappa shape index (κ3) is 17.3. The van der Waals surface area contributed by atoms with Crippen molar-refractivity contribution >= 4 is 5.49 Å². The quantitative estimate of drug-likeness (QED) is 0.299. The van der Waals surface area contributed by atoms with Crippen LogP contribution in [0.5, 0.6) is 0 Å². The monoisotopic (exact) mass is 387 g/mol. The Morgan fingerprint density at radius 2 is 1.83 bits per heavy atom. The smallest absolute Gasteiger partial charge is 1.00 e. The van der Waals surface area contributed by atoms with Gasteiger partial charge in [-0.3, -0.25) is 6.08 Å². The van der Waals surface area contributed by atoms with Gasteiger partial charge in [-0.05, 0) is 0 Å². The largest absolute Gasteiger partial charge is 1.00 e. The molecule has 0 heterocycles. The van der Waals surface area contributed by atoms with Crippen LogP contribution in [0.15, 0.2) is 17.7 Å². The van der Waals surface area contributed by atoms with Crippen molar-refractivity contribution in [2.45, 2.75) is 26.4 Å². The van der Waals surface area contributed by atoms with Crippen LogP contribution in [-0.4, -0.2) is 5.49 Å². The maximum Gasteiger partial charge on any atom is -1.00 e. The first kappa shape index (κ1) is 18.8. The zero-order valence-corrected chi connectivity index (χ0v) is 13.7. The molecule has 0 atom stereocenters. The van der Waals surface area contributed by atoms with Gasteiger partial charge < -0.3 is 24.8 Å². The van der Waals surface area contributed by atoms with Crippen LogP contribution in [0.3, 0.4) is 0 Å². The molecule has 1 aliphatic carbocycles. The molecule has 0 nitrogen and oxygen atoms in total. The van der Waals surface area contributed by atoms with Crippen LogP contribution in [0, 0.1) is 6.08 Å². The van der Waals surface area contributed by atoms with Gasteiger partial charge in [-0.25, -0.2) is 11.6 Å². The Morgan fingerprint density at radius 1 is 1.42 bits per heavy atom. The fraction of sp³-hybridized carbons (Fsp3) is 0.500. The van der Waals surface area contributed by atoms with E-state index in [9.17, 15) is 0 Å². The molecule has 12 heavy (non-hydrogen) atoms. The maximum atomic E-state index is 3.05. The van der Waals surface area contributed by atoms with Crippen molar-refractivity contribution in [1.82, 2.24) is 0 Å². The molecule has 0 N–H and O–H groups in total. The molecular formula is C8H13Cl2HfSi-. The van der Waals surface area contributed by atoms with E-state index in [1.807, 2.05) is 6.08 Å². The summed E-state index contributed by atoms with van der Waals surface area (Å²) in [4.78, 5) is 0. The first-order valence-corrected chi connectivity index (χ1v) is 11.3. The molecule has 0 saturated carbocycles. The van der Waals surface area contributed by atoms with Crippen LogP contribution in [0.1, 0.15) is 13.3 Å². The molecule has 0 spiro atoms. The van der Waals surface area contributed by atoms with E-state index in [-0.39, 0.29) is 30.3 Å². The zero-order chi connectivity index (χ0) is 7.98. The van der Waals surface area contributed by atoms with E-state index in [0.717, 1.165) is 6.42 Å². The Morgan fingerprint density at radius 3 is 1.92 bits per heavy atom. The molecule has 0 aromatic heterocycles. The number of allylic oxidation sites excluding steroid dienone is 4. The van der Waals surface area contributed by atoms with Gasteiger partial charge in [-0.2, -0.15) is 6.08 Å². The Hall–Kier alpha value is 1.15. The first-order chi connectivity index (χ1) is 4.63. The third-order valence-electron chi connectivity index (χ3n) is 0.872. The van der Waals surface area contributed by atoms with Gasteiger partial charge in [0.2, 0.25) is 0 Å². The zero-order valence-electron chi connectivity index (χ0n) is 7.62. The third-order valence-corrected chi connectivity index (χ3v) is 0.872. The predicted octanol–water partition coefficient (Wildman–Crippen LogP) is -3.51. The van der Waals surface area contributed by atoms with Crippen LogP contribution >= 0.6 is 0 Å². The summed E-state index contributed by atoms with van der Waals surface area (Å²) in [7, 11) is 0. The molecule has 0 aromatic rings. The van der Waals surface area contributed by atoms with Crippen molar-refractivity contribution in [1.29, 1.82) is 0 Å². The second-order valence-electron chi connectivity index (χ2n) is 2.50. The Bertz CT molecular complexity index is 169. The molecule has 0 unspecified atom stereocenters. The van der Waals surface area contributed by atoms with E-state index < -0.39 is 0 Å². The van der Waals surface area contributed by atoms with Gasteiger partial charge in [0, 0.05) is 0 Å². The average molecular weight is 387 g/mol. The molecule has 0 aromatic carbocycles. The maximum absolute atomic E-state index is 3.05. The van der Waals surface area contributed by atoms with Gasteiger partial charge in [0.15, 0.2) is 0 Å². The molecule has 0 fully saturated rings. The molecule has 4 heteroatoms. The molecule has 0 radical (unpaired) electrons. The SMILES string of the molecule is CC1=CC[C-]=C1.C[Si](C)=[Hf+2].[Cl-].[Cl-]. The van der Waals surface area contributed by atoms with E-state index >= 15 is 0 Å². The summed E-state index contributed by atoms with van der Waals surface area (Å²) in [6, 6.07) is 0. The molecule has 0 aliphatic heterocycles. The summed E-state index contributed by atoms with van der Waals surface area (Å²) in [5, 5.41) is 0. The van der Waals surface area contributed by atoms with Crippen molar-refractivity contribution in [2.75, 3.05) is 0 Å². The van der Waals surface area contributed by atoms with Crippen molar-refractivity contribution in [3.05, 3.63) is 23.8 Å². The normalized spacial score (nSPS) is 11.6. The van der Waals surface area contributed by atoms with Crippen LogP contribution < -0.4 is 24.8 Å². The summed E-state index contributed by atoms with van der Waals surface area (Å²) >= 11 is 1.45. The van der Waals surface area contributed by atoms with Gasteiger partial charge in [0.1, 0.15) is 0 Å².